The number of methoxy groups -OCH3 is 1. The molecule has 9 heteroatoms. The summed E-state index contributed by atoms with van der Waals surface area (Å²) < 4.78 is 53.1. The van der Waals surface area contributed by atoms with Crippen molar-refractivity contribution in [2.75, 3.05) is 25.2 Å². The molecule has 2 atom stereocenters. The lowest BCUT2D eigenvalue weighted by atomic mass is 9.77. The van der Waals surface area contributed by atoms with E-state index in [0.29, 0.717) is 5.75 Å². The highest BCUT2D eigenvalue weighted by molar-refractivity contribution is 6.31. The third kappa shape index (κ3) is 3.58. The van der Waals surface area contributed by atoms with Crippen molar-refractivity contribution < 1.29 is 32.5 Å². The molecule has 2 unspecified atom stereocenters. The van der Waals surface area contributed by atoms with Gasteiger partial charge in [-0.1, -0.05) is 30.7 Å². The quantitative estimate of drug-likeness (QED) is 0.731. The zero-order valence-electron chi connectivity index (χ0n) is 16.6. The Bertz CT molecular complexity index is 966. The van der Waals surface area contributed by atoms with Crippen molar-refractivity contribution in [2.45, 2.75) is 31.5 Å². The largest absolute Gasteiger partial charge is 0.497 e. The third-order valence-electron chi connectivity index (χ3n) is 5.39. The maximum atomic E-state index is 14.3. The van der Waals surface area contributed by atoms with Crippen LogP contribution in [0.15, 0.2) is 36.4 Å². The van der Waals surface area contributed by atoms with Crippen LogP contribution in [0.2, 0.25) is 5.02 Å². The zero-order valence-corrected chi connectivity index (χ0v) is 17.3. The second-order valence-electron chi connectivity index (χ2n) is 6.98. The molecule has 3 rings (SSSR count). The molecule has 0 spiro atoms. The van der Waals surface area contributed by atoms with E-state index in [1.54, 1.807) is 6.92 Å². The molecule has 0 bridgehead atoms. The number of hydrogen-bond donors (Lipinski definition) is 1. The van der Waals surface area contributed by atoms with Gasteiger partial charge in [-0.2, -0.15) is 13.2 Å². The Labute approximate surface area is 177 Å². The molecule has 30 heavy (non-hydrogen) atoms. The van der Waals surface area contributed by atoms with Crippen molar-refractivity contribution in [1.82, 2.24) is 0 Å². The lowest BCUT2D eigenvalue weighted by molar-refractivity contribution is -0.274. The Morgan fingerprint density at radius 2 is 1.97 bits per heavy atom. The van der Waals surface area contributed by atoms with E-state index >= 15 is 0 Å². The number of ether oxygens (including phenoxy) is 2. The number of hydrogen-bond acceptors (Lipinski definition) is 4. The van der Waals surface area contributed by atoms with Crippen LogP contribution in [-0.2, 0) is 10.4 Å². The minimum atomic E-state index is -5.03. The molecule has 1 heterocycles. The predicted molar refractivity (Wildman–Crippen MR) is 106 cm³/mol. The fourth-order valence-corrected chi connectivity index (χ4v) is 3.99. The average molecular weight is 444 g/mol. The van der Waals surface area contributed by atoms with Gasteiger partial charge in [-0.3, -0.25) is 4.79 Å². The number of nitrogens with zero attached hydrogens (tertiary/aromatic N) is 1. The zero-order chi connectivity index (χ0) is 22.3. The molecule has 0 aliphatic carbocycles. The summed E-state index contributed by atoms with van der Waals surface area (Å²) in [4.78, 5) is 13.4. The number of alkyl halides is 3. The van der Waals surface area contributed by atoms with Gasteiger partial charge in [0.2, 0.25) is 0 Å². The van der Waals surface area contributed by atoms with Gasteiger partial charge in [-0.05, 0) is 42.3 Å². The van der Waals surface area contributed by atoms with Crippen molar-refractivity contribution in [3.05, 3.63) is 52.5 Å². The minimum absolute atomic E-state index is 0.0381. The predicted octanol–water partition coefficient (Wildman–Crippen LogP) is 4.65. The standard InChI is InChI=1S/C21H21ClF3NO4/c1-4-26-17-9-13(5-8-18(17)30-11-19(26)27)20(28,21(23,24)25)12(2)15-7-6-14(29-3)10-16(15)22/h5-10,12,28H,4,11H2,1-3H3. The van der Waals surface area contributed by atoms with Crippen molar-refractivity contribution in [2.24, 2.45) is 0 Å². The second kappa shape index (κ2) is 8.00. The van der Waals surface area contributed by atoms with E-state index in [2.05, 4.69) is 0 Å². The van der Waals surface area contributed by atoms with Crippen LogP contribution in [0.5, 0.6) is 11.5 Å². The number of aliphatic hydroxyl groups is 1. The summed E-state index contributed by atoms with van der Waals surface area (Å²) in [7, 11) is 1.41. The molecular weight excluding hydrogens is 423 g/mol. The first-order chi connectivity index (χ1) is 14.0. The molecular formula is C21H21ClF3NO4. The van der Waals surface area contributed by atoms with E-state index in [1.807, 2.05) is 0 Å². The number of likely N-dealkylation sites (N-methyl/N-ethyl adjacent to an activating group) is 1. The fourth-order valence-electron chi connectivity index (χ4n) is 3.66. The van der Waals surface area contributed by atoms with Crippen LogP contribution >= 0.6 is 11.6 Å². The summed E-state index contributed by atoms with van der Waals surface area (Å²) in [6.45, 7) is 3.01. The number of benzene rings is 2. The van der Waals surface area contributed by atoms with Gasteiger partial charge < -0.3 is 19.5 Å². The first-order valence-corrected chi connectivity index (χ1v) is 9.62. The van der Waals surface area contributed by atoms with Crippen LogP contribution in [-0.4, -0.2) is 37.5 Å². The summed E-state index contributed by atoms with van der Waals surface area (Å²) in [5.74, 6) is -1.16. The van der Waals surface area contributed by atoms with Gasteiger partial charge in [-0.15, -0.1) is 0 Å². The SMILES string of the molecule is CCN1C(=O)COc2ccc(C(O)(C(C)c3ccc(OC)cc3Cl)C(F)(F)F)cc21. The average Bonchev–Trinajstić information content (AvgIpc) is 2.71. The topological polar surface area (TPSA) is 59.0 Å². The summed E-state index contributed by atoms with van der Waals surface area (Å²) in [6, 6.07) is 7.90. The molecule has 1 aliphatic rings. The fraction of sp³-hybridized carbons (Fsp3) is 0.381. The molecule has 1 N–H and O–H groups in total. The Morgan fingerprint density at radius 3 is 2.53 bits per heavy atom. The summed E-state index contributed by atoms with van der Waals surface area (Å²) in [6.07, 6.45) is -5.03. The molecule has 5 nitrogen and oxygen atoms in total. The van der Waals surface area contributed by atoms with Gasteiger partial charge in [0.25, 0.3) is 5.91 Å². The molecule has 0 fully saturated rings. The van der Waals surface area contributed by atoms with Crippen LogP contribution in [0.4, 0.5) is 18.9 Å². The molecule has 162 valence electrons. The van der Waals surface area contributed by atoms with Crippen LogP contribution in [0.3, 0.4) is 0 Å². The Hall–Kier alpha value is -2.45. The second-order valence-corrected chi connectivity index (χ2v) is 7.39. The number of fused-ring (bicyclic) bond motifs is 1. The van der Waals surface area contributed by atoms with Gasteiger partial charge >= 0.3 is 6.18 Å². The molecule has 0 radical (unpaired) electrons. The summed E-state index contributed by atoms with van der Waals surface area (Å²) in [5.41, 5.74) is -3.39. The molecule has 0 saturated heterocycles. The maximum Gasteiger partial charge on any atom is 0.422 e. The van der Waals surface area contributed by atoms with Crippen molar-refractivity contribution >= 4 is 23.2 Å². The van der Waals surface area contributed by atoms with Crippen molar-refractivity contribution in [1.29, 1.82) is 0 Å². The molecule has 0 saturated carbocycles. The minimum Gasteiger partial charge on any atom is -0.497 e. The molecule has 2 aromatic carbocycles. The van der Waals surface area contributed by atoms with Crippen molar-refractivity contribution in [3.63, 3.8) is 0 Å². The Morgan fingerprint density at radius 1 is 1.27 bits per heavy atom. The van der Waals surface area contributed by atoms with E-state index in [-0.39, 0.29) is 41.1 Å². The van der Waals surface area contributed by atoms with Crippen LogP contribution < -0.4 is 14.4 Å². The number of anilines is 1. The number of halogens is 4. The molecule has 0 aromatic heterocycles. The van der Waals surface area contributed by atoms with Gasteiger partial charge in [0.1, 0.15) is 11.5 Å². The number of rotatable bonds is 5. The Kier molecular flexibility index (Phi) is 5.93. The third-order valence-corrected chi connectivity index (χ3v) is 5.72. The van der Waals surface area contributed by atoms with E-state index < -0.39 is 23.3 Å². The highest BCUT2D eigenvalue weighted by Gasteiger charge is 2.59. The summed E-state index contributed by atoms with van der Waals surface area (Å²) in [5, 5.41) is 11.1. The first-order valence-electron chi connectivity index (χ1n) is 9.24. The van der Waals surface area contributed by atoms with Gasteiger partial charge in [-0.25, -0.2) is 0 Å². The van der Waals surface area contributed by atoms with E-state index in [4.69, 9.17) is 21.1 Å². The number of amides is 1. The van der Waals surface area contributed by atoms with E-state index in [1.165, 1.54) is 43.2 Å². The summed E-state index contributed by atoms with van der Waals surface area (Å²) >= 11 is 6.20. The highest BCUT2D eigenvalue weighted by Crippen LogP contribution is 2.51. The van der Waals surface area contributed by atoms with Crippen LogP contribution in [0, 0.1) is 0 Å². The highest BCUT2D eigenvalue weighted by atomic mass is 35.5. The number of carbonyl (C=O) groups excluding carboxylic acids is 1. The lowest BCUT2D eigenvalue weighted by Crippen LogP contribution is -2.47. The molecule has 1 aliphatic heterocycles. The van der Waals surface area contributed by atoms with E-state index in [9.17, 15) is 23.1 Å². The first kappa shape index (κ1) is 22.2. The smallest absolute Gasteiger partial charge is 0.422 e. The molecule has 1 amide bonds. The van der Waals surface area contributed by atoms with Gasteiger partial charge in [0.15, 0.2) is 12.2 Å². The van der Waals surface area contributed by atoms with E-state index in [0.717, 1.165) is 12.1 Å². The normalized spacial score (nSPS) is 17.1. The van der Waals surface area contributed by atoms with Gasteiger partial charge in [0, 0.05) is 17.5 Å². The van der Waals surface area contributed by atoms with Gasteiger partial charge in [0.05, 0.1) is 12.8 Å². The Balaban J connectivity index is 2.15. The molecule has 2 aromatic rings. The number of carbonyl (C=O) groups is 1. The van der Waals surface area contributed by atoms with Crippen LogP contribution in [0.25, 0.3) is 0 Å². The van der Waals surface area contributed by atoms with Crippen molar-refractivity contribution in [3.8, 4) is 11.5 Å². The lowest BCUT2D eigenvalue weighted by Gasteiger charge is -2.38. The monoisotopic (exact) mass is 443 g/mol. The maximum absolute atomic E-state index is 14.3. The van der Waals surface area contributed by atoms with Crippen LogP contribution in [0.1, 0.15) is 30.9 Å².